The molecule has 18 heteroatoms. The molecular weight excluding hydrogens is 612 g/mol. The molecule has 0 saturated carbocycles. The van der Waals surface area contributed by atoms with Crippen LogP contribution in [0.4, 0.5) is 0 Å². The van der Waals surface area contributed by atoms with Gasteiger partial charge in [0.05, 0.1) is 45.2 Å². The zero-order valence-electron chi connectivity index (χ0n) is 26.0. The van der Waals surface area contributed by atoms with Gasteiger partial charge in [-0.15, -0.1) is 0 Å². The fourth-order valence-corrected chi connectivity index (χ4v) is 5.35. The molecule has 3 aliphatic heterocycles. The van der Waals surface area contributed by atoms with Crippen molar-refractivity contribution in [2.45, 2.75) is 118 Å². The molecule has 3 rings (SSSR count). The number of hydrogen-bond acceptors (Lipinski definition) is 18. The van der Waals surface area contributed by atoms with Crippen molar-refractivity contribution in [1.82, 2.24) is 0 Å². The minimum absolute atomic E-state index is 0.0569. The minimum Gasteiger partial charge on any atom is -0.391 e. The van der Waals surface area contributed by atoms with E-state index in [1.807, 2.05) is 0 Å². The lowest BCUT2D eigenvalue weighted by Gasteiger charge is -2.49. The van der Waals surface area contributed by atoms with Gasteiger partial charge in [0.15, 0.2) is 18.9 Å². The number of methoxy groups -OCH3 is 3. The van der Waals surface area contributed by atoms with Crippen LogP contribution < -0.4 is 0 Å². The molecule has 17 atom stereocenters. The lowest BCUT2D eigenvalue weighted by atomic mass is 9.95. The number of ether oxygens (including phenoxy) is 10. The number of hydrogen-bond donors (Lipinski definition) is 8. The molecule has 0 aromatic carbocycles. The maximum atomic E-state index is 11.6. The highest BCUT2D eigenvalue weighted by molar-refractivity contribution is 4.97. The average Bonchev–Trinajstić information content (AvgIpc) is 2.98. The molecule has 0 aromatic heterocycles. The third-order valence-electron chi connectivity index (χ3n) is 7.61. The van der Waals surface area contributed by atoms with Crippen LogP contribution in [0.3, 0.4) is 0 Å². The van der Waals surface area contributed by atoms with Gasteiger partial charge in [0, 0.05) is 21.3 Å². The third-order valence-corrected chi connectivity index (χ3v) is 7.61. The molecule has 18 nitrogen and oxygen atoms in total. The molecule has 3 heterocycles. The molecule has 0 aliphatic carbocycles. The van der Waals surface area contributed by atoms with Crippen LogP contribution in [0.25, 0.3) is 0 Å². The van der Waals surface area contributed by atoms with Gasteiger partial charge in [0.1, 0.15) is 73.2 Å². The molecule has 8 N–H and O–H groups in total. The van der Waals surface area contributed by atoms with Gasteiger partial charge < -0.3 is 88.2 Å². The molecule has 3 saturated heterocycles. The number of rotatable bonds is 16. The van der Waals surface area contributed by atoms with Gasteiger partial charge >= 0.3 is 0 Å². The average molecular weight is 663 g/mol. The predicted molar refractivity (Wildman–Crippen MR) is 146 cm³/mol. The Morgan fingerprint density at radius 1 is 0.556 bits per heavy atom. The summed E-state index contributed by atoms with van der Waals surface area (Å²) in [6.45, 7) is 2.08. The van der Waals surface area contributed by atoms with E-state index in [0.29, 0.717) is 0 Å². The zero-order chi connectivity index (χ0) is 33.4. The fourth-order valence-electron chi connectivity index (χ4n) is 5.35. The van der Waals surface area contributed by atoms with Crippen LogP contribution in [0.1, 0.15) is 13.8 Å². The molecule has 0 amide bonds. The fraction of sp³-hybridized carbons (Fsp3) is 1.00. The first-order chi connectivity index (χ1) is 21.3. The Bertz CT molecular complexity index is 838. The normalized spacial score (nSPS) is 44.1. The molecular formula is C27H50O18. The van der Waals surface area contributed by atoms with Gasteiger partial charge in [-0.1, -0.05) is 0 Å². The van der Waals surface area contributed by atoms with Crippen molar-refractivity contribution in [2.75, 3.05) is 54.4 Å². The lowest BCUT2D eigenvalue weighted by Crippen LogP contribution is -2.67. The molecule has 3 aliphatic rings. The van der Waals surface area contributed by atoms with Crippen LogP contribution >= 0.6 is 0 Å². The topological polar surface area (TPSA) is 254 Å². The Kier molecular flexibility index (Phi) is 15.6. The summed E-state index contributed by atoms with van der Waals surface area (Å²) < 4.78 is 56.5. The van der Waals surface area contributed by atoms with Crippen LogP contribution in [0.15, 0.2) is 0 Å². The summed E-state index contributed by atoms with van der Waals surface area (Å²) in [5, 5.41) is 83.4. The van der Waals surface area contributed by atoms with Crippen molar-refractivity contribution in [3.63, 3.8) is 0 Å². The highest BCUT2D eigenvalue weighted by atomic mass is 16.8. The van der Waals surface area contributed by atoms with E-state index in [2.05, 4.69) is 0 Å². The van der Waals surface area contributed by atoms with E-state index in [0.717, 1.165) is 0 Å². The van der Waals surface area contributed by atoms with Crippen molar-refractivity contribution in [1.29, 1.82) is 0 Å². The molecule has 0 bridgehead atoms. The third kappa shape index (κ3) is 9.91. The first kappa shape index (κ1) is 38.7. The van der Waals surface area contributed by atoms with Crippen molar-refractivity contribution < 1.29 is 88.2 Å². The molecule has 8 unspecified atom stereocenters. The first-order valence-electron chi connectivity index (χ1n) is 14.8. The van der Waals surface area contributed by atoms with E-state index in [4.69, 9.17) is 47.4 Å². The van der Waals surface area contributed by atoms with Crippen LogP contribution in [0, 0.1) is 0 Å². The van der Waals surface area contributed by atoms with Gasteiger partial charge in [-0.25, -0.2) is 0 Å². The molecule has 0 spiro atoms. The smallest absolute Gasteiger partial charge is 0.187 e. The monoisotopic (exact) mass is 662 g/mol. The molecule has 3 fully saturated rings. The van der Waals surface area contributed by atoms with E-state index < -0.39 is 104 Å². The Morgan fingerprint density at radius 3 is 1.62 bits per heavy atom. The van der Waals surface area contributed by atoms with Crippen LogP contribution in [-0.4, -0.2) is 200 Å². The van der Waals surface area contributed by atoms with Gasteiger partial charge in [0.25, 0.3) is 0 Å². The molecule has 266 valence electrons. The summed E-state index contributed by atoms with van der Waals surface area (Å²) in [7, 11) is 3.99. The summed E-state index contributed by atoms with van der Waals surface area (Å²) in [5.41, 5.74) is 0. The van der Waals surface area contributed by atoms with Crippen molar-refractivity contribution in [2.24, 2.45) is 0 Å². The summed E-state index contributed by atoms with van der Waals surface area (Å²) in [4.78, 5) is 0. The quantitative estimate of drug-likeness (QED) is 0.0771. The standard InChI is InChI=1S/C27H50O18/c1-11(28)6-39-10-13-16(30)17(31)23(38-5)26(42-13)45-22-15(9-37-4)43-27(24(20(22)34)40-7-12(2)29)44-21-14(8-36-3)41-25(35)19(33)18(21)32/h11-35H,6-10H2,1-5H3/t11?,12?,13-,14-,15?,16+,17?,18?,19?,20?,21+,22+,23?,24-,25+,26-,27-/m0/s1. The van der Waals surface area contributed by atoms with Crippen molar-refractivity contribution >= 4 is 0 Å². The van der Waals surface area contributed by atoms with Crippen molar-refractivity contribution in [3.05, 3.63) is 0 Å². The van der Waals surface area contributed by atoms with Crippen LogP contribution in [-0.2, 0) is 47.4 Å². The highest BCUT2D eigenvalue weighted by Gasteiger charge is 2.54. The predicted octanol–water partition coefficient (Wildman–Crippen LogP) is -4.80. The van der Waals surface area contributed by atoms with E-state index in [9.17, 15) is 40.9 Å². The number of aliphatic hydroxyl groups is 8. The summed E-state index contributed by atoms with van der Waals surface area (Å²) in [5.74, 6) is 0. The summed E-state index contributed by atoms with van der Waals surface area (Å²) in [6.07, 6.45) is -22.8. The lowest BCUT2D eigenvalue weighted by molar-refractivity contribution is -0.383. The first-order valence-corrected chi connectivity index (χ1v) is 14.8. The minimum atomic E-state index is -1.74. The molecule has 0 radical (unpaired) electrons. The SMILES string of the molecule is COCC1O[C@@H](O[C@H]2C(O)C(O)[C@H](O)O[C@H]2COC)[C@@H](OCC(C)O)C(O)[C@@H]1O[C@@H]1O[C@@H](COCC(C)O)[C@@H](O)C(O)C1OC. The maximum absolute atomic E-state index is 11.6. The zero-order valence-corrected chi connectivity index (χ0v) is 26.0. The maximum Gasteiger partial charge on any atom is 0.187 e. The van der Waals surface area contributed by atoms with E-state index in [1.165, 1.54) is 35.2 Å². The van der Waals surface area contributed by atoms with Gasteiger partial charge in [0.2, 0.25) is 0 Å². The summed E-state index contributed by atoms with van der Waals surface area (Å²) in [6, 6.07) is 0. The van der Waals surface area contributed by atoms with Crippen molar-refractivity contribution in [3.8, 4) is 0 Å². The summed E-state index contributed by atoms with van der Waals surface area (Å²) >= 11 is 0. The molecule has 45 heavy (non-hydrogen) atoms. The largest absolute Gasteiger partial charge is 0.391 e. The Morgan fingerprint density at radius 2 is 1.07 bits per heavy atom. The van der Waals surface area contributed by atoms with Crippen LogP contribution in [0.5, 0.6) is 0 Å². The van der Waals surface area contributed by atoms with Gasteiger partial charge in [-0.2, -0.15) is 0 Å². The van der Waals surface area contributed by atoms with E-state index in [-0.39, 0.29) is 33.0 Å². The van der Waals surface area contributed by atoms with Gasteiger partial charge in [-0.05, 0) is 13.8 Å². The number of aliphatic hydroxyl groups excluding tert-OH is 8. The van der Waals surface area contributed by atoms with E-state index in [1.54, 1.807) is 0 Å². The highest BCUT2D eigenvalue weighted by Crippen LogP contribution is 2.34. The Balaban J connectivity index is 1.87. The van der Waals surface area contributed by atoms with E-state index >= 15 is 0 Å². The molecule has 0 aromatic rings. The second-order valence-corrected chi connectivity index (χ2v) is 11.4. The second kappa shape index (κ2) is 18.2. The second-order valence-electron chi connectivity index (χ2n) is 11.4. The van der Waals surface area contributed by atoms with Crippen LogP contribution in [0.2, 0.25) is 0 Å². The Labute approximate surface area is 261 Å². The Hall–Kier alpha value is -0.720. The van der Waals surface area contributed by atoms with Gasteiger partial charge in [-0.3, -0.25) is 0 Å².